The van der Waals surface area contributed by atoms with Gasteiger partial charge in [-0.3, -0.25) is 23.5 Å². The van der Waals surface area contributed by atoms with Gasteiger partial charge >= 0.3 is 6.09 Å². The zero-order chi connectivity index (χ0) is 46.3. The van der Waals surface area contributed by atoms with E-state index in [1.165, 1.54) is 35.4 Å². The zero-order valence-electron chi connectivity index (χ0n) is 37.9. The summed E-state index contributed by atoms with van der Waals surface area (Å²) in [5.74, 6) is -0.389. The number of aryl methyl sites for hydroxylation is 1. The van der Waals surface area contributed by atoms with Crippen molar-refractivity contribution in [3.8, 4) is 5.75 Å². The number of ketones is 1. The molecule has 0 radical (unpaired) electrons. The third-order valence-electron chi connectivity index (χ3n) is 11.0. The molecule has 64 heavy (non-hydrogen) atoms. The number of carbonyl (C=O) groups is 4. The van der Waals surface area contributed by atoms with Crippen LogP contribution in [0.5, 0.6) is 5.75 Å². The number of hydrogen-bond acceptors (Lipinski definition) is 14. The Labute approximate surface area is 381 Å². The SMILES string of the molecule is Cc1ccc(S(=O)(=O)OCCOCCOCCOCCOc2cccc(C(=O)c3csc([C@@H]4CCCN4C(=O)[C@@H](NC(=O)[C@H](C)N(C)C(=O)OC(C)(C)C)C4CCCCC4)n3)c2)cc1. The first-order valence-corrected chi connectivity index (χ1v) is 24.3. The molecule has 1 aromatic heterocycles. The van der Waals surface area contributed by atoms with E-state index in [0.717, 1.165) is 44.1 Å². The Morgan fingerprint density at radius 1 is 0.875 bits per heavy atom. The van der Waals surface area contributed by atoms with Gasteiger partial charge in [0.05, 0.1) is 57.2 Å². The van der Waals surface area contributed by atoms with E-state index >= 15 is 0 Å². The molecule has 0 spiro atoms. The third-order valence-corrected chi connectivity index (χ3v) is 13.3. The van der Waals surface area contributed by atoms with Crippen LogP contribution in [-0.2, 0) is 42.8 Å². The first kappa shape index (κ1) is 50.5. The molecule has 3 aromatic rings. The molecule has 2 aliphatic rings. The van der Waals surface area contributed by atoms with E-state index in [2.05, 4.69) is 5.32 Å². The molecule has 1 aliphatic heterocycles. The van der Waals surface area contributed by atoms with Crippen LogP contribution < -0.4 is 10.1 Å². The molecule has 1 saturated carbocycles. The fourth-order valence-electron chi connectivity index (χ4n) is 7.41. The van der Waals surface area contributed by atoms with Gasteiger partial charge in [-0.05, 0) is 90.5 Å². The standard InChI is InChI=1S/C46H64N4O12S2/c1-32-17-19-37(20-18-32)64(55,56)61-29-27-59-25-23-57-22-24-58-26-28-60-36-15-10-14-35(30-36)41(51)38-31-63-43(47-38)39-16-11-21-50(39)44(53)40(34-12-8-7-9-13-34)48-42(52)33(2)49(6)45(54)62-46(3,4)5/h10,14-15,17-20,30-31,33-34,39-40H,7-9,11-13,16,21-29H2,1-6H3,(H,48,52)/t33-,39-,40-/m0/s1. The number of benzene rings is 2. The van der Waals surface area contributed by atoms with Gasteiger partial charge in [-0.1, -0.05) is 49.1 Å². The highest BCUT2D eigenvalue weighted by atomic mass is 32.2. The first-order chi connectivity index (χ1) is 30.5. The molecular weight excluding hydrogens is 865 g/mol. The summed E-state index contributed by atoms with van der Waals surface area (Å²) >= 11 is 1.34. The summed E-state index contributed by atoms with van der Waals surface area (Å²) < 4.78 is 57.3. The van der Waals surface area contributed by atoms with Crippen LogP contribution in [0.2, 0.25) is 0 Å². The summed E-state index contributed by atoms with van der Waals surface area (Å²) in [7, 11) is -2.31. The van der Waals surface area contributed by atoms with Crippen LogP contribution in [0.3, 0.4) is 0 Å². The van der Waals surface area contributed by atoms with Crippen LogP contribution in [0.25, 0.3) is 0 Å². The monoisotopic (exact) mass is 928 g/mol. The molecule has 3 atom stereocenters. The molecule has 1 aliphatic carbocycles. The zero-order valence-corrected chi connectivity index (χ0v) is 39.5. The van der Waals surface area contributed by atoms with E-state index in [1.807, 2.05) is 6.92 Å². The van der Waals surface area contributed by atoms with Crippen molar-refractivity contribution in [2.24, 2.45) is 5.92 Å². The van der Waals surface area contributed by atoms with Crippen molar-refractivity contribution in [2.75, 3.05) is 66.4 Å². The molecule has 18 heteroatoms. The number of carbonyl (C=O) groups excluding carboxylic acids is 4. The van der Waals surface area contributed by atoms with Gasteiger partial charge in [-0.25, -0.2) is 9.78 Å². The molecule has 352 valence electrons. The number of likely N-dealkylation sites (N-methyl/N-ethyl adjacent to an activating group) is 1. The van der Waals surface area contributed by atoms with Crippen molar-refractivity contribution in [1.82, 2.24) is 20.1 Å². The maximum atomic E-state index is 14.4. The van der Waals surface area contributed by atoms with Gasteiger partial charge in [0.15, 0.2) is 0 Å². The van der Waals surface area contributed by atoms with Crippen molar-refractivity contribution in [3.63, 3.8) is 0 Å². The topological polar surface area (TPSA) is 189 Å². The quantitative estimate of drug-likeness (QED) is 0.0617. The van der Waals surface area contributed by atoms with E-state index in [0.29, 0.717) is 55.7 Å². The average Bonchev–Trinajstić information content (AvgIpc) is 3.97. The molecule has 0 unspecified atom stereocenters. The second kappa shape index (κ2) is 24.2. The van der Waals surface area contributed by atoms with Crippen LogP contribution >= 0.6 is 11.3 Å². The number of ether oxygens (including phenoxy) is 5. The molecule has 16 nitrogen and oxygen atoms in total. The second-order valence-electron chi connectivity index (χ2n) is 17.0. The Bertz CT molecular complexity index is 2100. The highest BCUT2D eigenvalue weighted by Gasteiger charge is 2.41. The van der Waals surface area contributed by atoms with E-state index in [-0.39, 0.29) is 60.7 Å². The Hall–Kier alpha value is -4.46. The molecule has 2 fully saturated rings. The van der Waals surface area contributed by atoms with Gasteiger partial charge in [0.25, 0.3) is 10.1 Å². The first-order valence-electron chi connectivity index (χ1n) is 22.0. The Balaban J connectivity index is 1.04. The minimum Gasteiger partial charge on any atom is -0.491 e. The molecular formula is C46H64N4O12S2. The second-order valence-corrected chi connectivity index (χ2v) is 19.5. The average molecular weight is 929 g/mol. The number of nitrogens with zero attached hydrogens (tertiary/aromatic N) is 3. The lowest BCUT2D eigenvalue weighted by Crippen LogP contribution is -2.56. The Morgan fingerprint density at radius 2 is 1.52 bits per heavy atom. The number of likely N-dealkylation sites (tertiary alicyclic amines) is 1. The van der Waals surface area contributed by atoms with E-state index in [9.17, 15) is 27.6 Å². The van der Waals surface area contributed by atoms with E-state index in [4.69, 9.17) is 32.9 Å². The highest BCUT2D eigenvalue weighted by molar-refractivity contribution is 7.86. The number of amides is 3. The van der Waals surface area contributed by atoms with Crippen molar-refractivity contribution in [2.45, 2.75) is 108 Å². The summed E-state index contributed by atoms with van der Waals surface area (Å²) in [6.45, 7) is 11.1. The van der Waals surface area contributed by atoms with Crippen molar-refractivity contribution < 1.29 is 55.5 Å². The van der Waals surface area contributed by atoms with Gasteiger partial charge in [0.1, 0.15) is 40.7 Å². The molecule has 0 bridgehead atoms. The molecule has 2 heterocycles. The van der Waals surface area contributed by atoms with E-state index < -0.39 is 39.8 Å². The van der Waals surface area contributed by atoms with Crippen LogP contribution in [0.4, 0.5) is 4.79 Å². The molecule has 1 N–H and O–H groups in total. The smallest absolute Gasteiger partial charge is 0.410 e. The van der Waals surface area contributed by atoms with Gasteiger partial charge in [0, 0.05) is 24.5 Å². The third kappa shape index (κ3) is 15.1. The summed E-state index contributed by atoms with van der Waals surface area (Å²) in [5, 5.41) is 5.42. The minimum absolute atomic E-state index is 0.0364. The maximum absolute atomic E-state index is 14.4. The lowest BCUT2D eigenvalue weighted by molar-refractivity contribution is -0.140. The van der Waals surface area contributed by atoms with Gasteiger partial charge in [-0.15, -0.1) is 11.3 Å². The van der Waals surface area contributed by atoms with Gasteiger partial charge in [-0.2, -0.15) is 8.42 Å². The normalized spacial score (nSPS) is 16.8. The van der Waals surface area contributed by atoms with Gasteiger partial charge < -0.3 is 33.9 Å². The Kier molecular flexibility index (Phi) is 19.1. The molecule has 5 rings (SSSR count). The van der Waals surface area contributed by atoms with Crippen LogP contribution in [0.1, 0.15) is 105 Å². The highest BCUT2D eigenvalue weighted by Crippen LogP contribution is 2.37. The molecule has 2 aromatic carbocycles. The summed E-state index contributed by atoms with van der Waals surface area (Å²) in [6.07, 6.45) is 5.49. The predicted molar refractivity (Wildman–Crippen MR) is 240 cm³/mol. The summed E-state index contributed by atoms with van der Waals surface area (Å²) in [6, 6.07) is 11.3. The number of nitrogens with one attached hydrogen (secondary N) is 1. The van der Waals surface area contributed by atoms with E-state index in [1.54, 1.807) is 74.4 Å². The lowest BCUT2D eigenvalue weighted by atomic mass is 9.83. The largest absolute Gasteiger partial charge is 0.491 e. The minimum atomic E-state index is -3.83. The van der Waals surface area contributed by atoms with Crippen molar-refractivity contribution in [1.29, 1.82) is 0 Å². The van der Waals surface area contributed by atoms with Crippen molar-refractivity contribution in [3.05, 3.63) is 75.7 Å². The molecule has 1 saturated heterocycles. The number of thiazole rings is 1. The Morgan fingerprint density at radius 3 is 2.17 bits per heavy atom. The van der Waals surface area contributed by atoms with Crippen molar-refractivity contribution >= 4 is 45.1 Å². The number of rotatable bonds is 23. The fraction of sp³-hybridized carbons (Fsp3) is 0.587. The summed E-state index contributed by atoms with van der Waals surface area (Å²) in [4.78, 5) is 62.3. The molecule has 3 amide bonds. The van der Waals surface area contributed by atoms with Crippen LogP contribution in [-0.4, -0.2) is 131 Å². The van der Waals surface area contributed by atoms with Crippen LogP contribution in [0.15, 0.2) is 58.8 Å². The lowest BCUT2D eigenvalue weighted by Gasteiger charge is -2.36. The number of hydrogen-bond donors (Lipinski definition) is 1. The predicted octanol–water partition coefficient (Wildman–Crippen LogP) is 6.50. The fourth-order valence-corrected chi connectivity index (χ4v) is 9.25. The van der Waals surface area contributed by atoms with Gasteiger partial charge in [0.2, 0.25) is 17.6 Å². The maximum Gasteiger partial charge on any atom is 0.410 e. The van der Waals surface area contributed by atoms with Crippen LogP contribution in [0, 0.1) is 12.8 Å². The number of aromatic nitrogens is 1. The summed E-state index contributed by atoms with van der Waals surface area (Å²) in [5.41, 5.74) is 0.923.